The van der Waals surface area contributed by atoms with E-state index >= 15 is 13.2 Å². The lowest BCUT2D eigenvalue weighted by molar-refractivity contribution is -0.137. The van der Waals surface area contributed by atoms with E-state index in [1.54, 1.807) is 17.9 Å². The predicted octanol–water partition coefficient (Wildman–Crippen LogP) is 8.16. The average molecular weight is 1000 g/mol. The van der Waals surface area contributed by atoms with Gasteiger partial charge in [0, 0.05) is 74.1 Å². The lowest BCUT2D eigenvalue weighted by Crippen LogP contribution is -2.59. The molecule has 14 nitrogen and oxygen atoms in total. The molecule has 5 aromatic rings. The minimum Gasteiger partial charge on any atom is -0.508 e. The van der Waals surface area contributed by atoms with Gasteiger partial charge in [0.25, 0.3) is 5.91 Å². The van der Waals surface area contributed by atoms with Crippen LogP contribution in [0.15, 0.2) is 48.7 Å². The molecule has 6 fully saturated rings. The van der Waals surface area contributed by atoms with Crippen LogP contribution in [-0.4, -0.2) is 122 Å². The zero-order valence-corrected chi connectivity index (χ0v) is 41.6. The number of aryl methyl sites for hydroxylation is 1. The Bertz CT molecular complexity index is 3070. The molecule has 0 radical (unpaired) electrons. The zero-order chi connectivity index (χ0) is 50.6. The highest BCUT2D eigenvalue weighted by molar-refractivity contribution is 6.06. The Morgan fingerprint density at radius 2 is 1.67 bits per heavy atom. The number of halogens is 3. The number of ether oxygens (including phenoxy) is 1. The molecule has 3 amide bonds. The number of phenols is 1. The normalized spacial score (nSPS) is 24.8. The minimum absolute atomic E-state index is 0.000603. The van der Waals surface area contributed by atoms with E-state index in [1.807, 2.05) is 30.0 Å². The van der Waals surface area contributed by atoms with Crippen molar-refractivity contribution in [3.63, 3.8) is 0 Å². The van der Waals surface area contributed by atoms with Crippen LogP contribution in [0.5, 0.6) is 11.8 Å². The number of aliphatic hydroxyl groups is 1. The third kappa shape index (κ3) is 8.71. The fraction of sp³-hybridized carbons (Fsp3) is 0.536. The number of piperidine rings is 4. The van der Waals surface area contributed by atoms with E-state index in [0.29, 0.717) is 91.3 Å². The van der Waals surface area contributed by atoms with Gasteiger partial charge in [0.2, 0.25) is 11.8 Å². The Kier molecular flexibility index (Phi) is 11.7. The summed E-state index contributed by atoms with van der Waals surface area (Å²) in [6, 6.07) is 11.1. The Morgan fingerprint density at radius 3 is 2.40 bits per heavy atom. The molecule has 1 unspecified atom stereocenters. The second kappa shape index (κ2) is 17.8. The van der Waals surface area contributed by atoms with Gasteiger partial charge in [-0.15, -0.1) is 0 Å². The third-order valence-corrected chi connectivity index (χ3v) is 17.8. The fourth-order valence-electron chi connectivity index (χ4n) is 13.6. The number of nitrogens with one attached hydrogen (secondary N) is 1. The molecule has 2 saturated carbocycles. The maximum atomic E-state index is 17.2. The van der Waals surface area contributed by atoms with Gasteiger partial charge in [-0.2, -0.15) is 9.97 Å². The molecule has 17 heteroatoms. The lowest BCUT2D eigenvalue weighted by Gasteiger charge is -2.59. The Labute approximate surface area is 422 Å². The van der Waals surface area contributed by atoms with Gasteiger partial charge in [-0.1, -0.05) is 13.0 Å². The molecule has 2 aliphatic carbocycles. The molecule has 7 heterocycles. The number of rotatable bonds is 11. The van der Waals surface area contributed by atoms with Crippen LogP contribution in [0.2, 0.25) is 0 Å². The number of carbonyl (C=O) groups excluding carboxylic acids is 3. The molecule has 3 aromatic carbocycles. The van der Waals surface area contributed by atoms with Crippen molar-refractivity contribution >= 4 is 50.9 Å². The lowest BCUT2D eigenvalue weighted by atomic mass is 9.51. The van der Waals surface area contributed by atoms with Gasteiger partial charge in [0.1, 0.15) is 40.3 Å². The molecule has 5 aliphatic heterocycles. The summed E-state index contributed by atoms with van der Waals surface area (Å²) in [5.41, 5.74) is 0.766. The van der Waals surface area contributed by atoms with Crippen molar-refractivity contribution in [1.29, 1.82) is 0 Å². The van der Waals surface area contributed by atoms with Gasteiger partial charge >= 0.3 is 6.01 Å². The second-order valence-electron chi connectivity index (χ2n) is 23.0. The van der Waals surface area contributed by atoms with Crippen molar-refractivity contribution < 1.29 is 42.5 Å². The first-order valence-electron chi connectivity index (χ1n) is 26.4. The van der Waals surface area contributed by atoms with Gasteiger partial charge < -0.3 is 34.5 Å². The number of likely N-dealkylation sites (tertiary alicyclic amines) is 1. The van der Waals surface area contributed by atoms with Crippen LogP contribution < -0.4 is 19.9 Å². The number of imide groups is 1. The first-order chi connectivity index (χ1) is 35.0. The summed E-state index contributed by atoms with van der Waals surface area (Å²) >= 11 is 0. The summed E-state index contributed by atoms with van der Waals surface area (Å²) in [4.78, 5) is 59.9. The summed E-state index contributed by atoms with van der Waals surface area (Å²) in [5, 5.41) is 25.6. The number of phenolic OH excluding ortho intramolecular Hbond substituents is 1. The van der Waals surface area contributed by atoms with Gasteiger partial charge in [-0.05, 0) is 167 Å². The van der Waals surface area contributed by atoms with Crippen molar-refractivity contribution in [2.75, 3.05) is 62.2 Å². The number of fused-ring (bicyclic) bond motifs is 3. The second-order valence-corrected chi connectivity index (χ2v) is 23.0. The Morgan fingerprint density at radius 1 is 0.890 bits per heavy atom. The number of carbonyl (C=O) groups is 3. The number of pyridine rings is 1. The summed E-state index contributed by atoms with van der Waals surface area (Å²) in [7, 11) is 0. The van der Waals surface area contributed by atoms with E-state index in [2.05, 4.69) is 25.1 Å². The topological polar surface area (TPSA) is 165 Å². The highest BCUT2D eigenvalue weighted by Crippen LogP contribution is 2.61. The molecule has 2 aromatic heterocycles. The van der Waals surface area contributed by atoms with Crippen LogP contribution in [0.1, 0.15) is 112 Å². The molecule has 4 saturated heterocycles. The van der Waals surface area contributed by atoms with Crippen molar-refractivity contribution in [2.45, 2.75) is 121 Å². The molecule has 73 heavy (non-hydrogen) atoms. The van der Waals surface area contributed by atoms with Crippen LogP contribution in [0.25, 0.3) is 32.9 Å². The molecule has 3 N–H and O–H groups in total. The van der Waals surface area contributed by atoms with Crippen LogP contribution in [0.4, 0.5) is 24.7 Å². The molecule has 12 rings (SSSR count). The maximum Gasteiger partial charge on any atom is 0.319 e. The molecule has 384 valence electrons. The van der Waals surface area contributed by atoms with E-state index < -0.39 is 34.9 Å². The van der Waals surface area contributed by atoms with Crippen LogP contribution >= 0.6 is 0 Å². The van der Waals surface area contributed by atoms with Crippen molar-refractivity contribution in [2.24, 2.45) is 16.7 Å². The van der Waals surface area contributed by atoms with Crippen LogP contribution in [0, 0.1) is 28.4 Å². The van der Waals surface area contributed by atoms with Crippen molar-refractivity contribution in [3.05, 3.63) is 77.0 Å². The van der Waals surface area contributed by atoms with E-state index in [9.17, 15) is 24.6 Å². The molecule has 0 bridgehead atoms. The predicted molar refractivity (Wildman–Crippen MR) is 269 cm³/mol. The number of benzene rings is 3. The Balaban J connectivity index is 0.685. The fourth-order valence-corrected chi connectivity index (χ4v) is 13.6. The van der Waals surface area contributed by atoms with Gasteiger partial charge in [-0.25, -0.2) is 13.2 Å². The number of aromatic hydroxyl groups is 1. The van der Waals surface area contributed by atoms with Gasteiger partial charge in [0.05, 0.1) is 17.6 Å². The summed E-state index contributed by atoms with van der Waals surface area (Å²) in [6.45, 7) is 9.21. The maximum absolute atomic E-state index is 17.2. The number of hydrogen-bond donors (Lipinski definition) is 3. The van der Waals surface area contributed by atoms with Crippen molar-refractivity contribution in [3.8, 4) is 23.0 Å². The number of hydrogen-bond acceptors (Lipinski definition) is 12. The van der Waals surface area contributed by atoms with Gasteiger partial charge in [-0.3, -0.25) is 24.7 Å². The summed E-state index contributed by atoms with van der Waals surface area (Å²) in [6.07, 6.45) is 10.3. The molecule has 1 spiro atoms. The van der Waals surface area contributed by atoms with Gasteiger partial charge in [0.15, 0.2) is 5.82 Å². The molecular weight excluding hydrogens is 938 g/mol. The number of β-amino-alcohol motifs (C(OH)–C–C–N with tert-alkyl or cyclic N) is 1. The largest absolute Gasteiger partial charge is 0.508 e. The van der Waals surface area contributed by atoms with E-state index in [-0.39, 0.29) is 70.1 Å². The molecular formula is C56H63F3N8O6. The summed E-state index contributed by atoms with van der Waals surface area (Å²) < 4.78 is 55.6. The minimum atomic E-state index is -1.17. The van der Waals surface area contributed by atoms with E-state index in [1.165, 1.54) is 24.4 Å². The number of anilines is 2. The van der Waals surface area contributed by atoms with Crippen molar-refractivity contribution in [1.82, 2.24) is 30.1 Å². The monoisotopic (exact) mass is 1000 g/mol. The smallest absolute Gasteiger partial charge is 0.319 e. The number of aromatic nitrogens is 3. The highest BCUT2D eigenvalue weighted by atomic mass is 19.1. The Hall–Kier alpha value is -6.07. The standard InChI is InChI=1S/C56H63F3N8O6/c1-3-38-42(57)8-5-33-24-37(68)25-40(45(33)38)47-46(58)48-41(26-60-47)49(66-18-4-13-53(2,72)30-66)63-52(62-48)73-32-55(14-15-55)31-64-21-16-54(17-22-64)28-56(59,29-54)35-11-19-65(20-12-35)36-6-7-39-34(23-36)27-67(51(39)71)43-9-10-44(69)61-50(43)70/h5-8,23-26,35,43,68,72H,3-4,9-22,27-32H2,1-2H3,(H,61,69,70)/t43?,53-/m1/s1. The SMILES string of the molecule is CCc1c(F)ccc2cc(O)cc(-c3ncc4c(N5CCC[C@@](C)(O)C5)nc(OCC5(CN6CCC7(CC6)CC(F)(C6CCN(c8ccc9c(c8)CN(C8CCC(=O)NC8=O)C9=O)CC6)C7)CC5)nc4c3F)c12. The summed E-state index contributed by atoms with van der Waals surface area (Å²) in [5.74, 6) is -1.77. The number of amides is 3. The molecule has 2 atom stereocenters. The van der Waals surface area contributed by atoms with Crippen LogP contribution in [-0.2, 0) is 22.6 Å². The van der Waals surface area contributed by atoms with E-state index in [4.69, 9.17) is 9.72 Å². The third-order valence-electron chi connectivity index (χ3n) is 17.8. The molecule has 7 aliphatic rings. The number of nitrogens with zero attached hydrogens (tertiary/aromatic N) is 7. The highest BCUT2D eigenvalue weighted by Gasteiger charge is 2.59. The quantitative estimate of drug-likeness (QED) is 0.109. The van der Waals surface area contributed by atoms with Crippen LogP contribution in [0.3, 0.4) is 0 Å². The van der Waals surface area contributed by atoms with E-state index in [0.717, 1.165) is 82.5 Å². The first kappa shape index (κ1) is 47.9. The first-order valence-corrected chi connectivity index (χ1v) is 26.4. The number of alkyl halides is 1. The zero-order valence-electron chi connectivity index (χ0n) is 41.6. The average Bonchev–Trinajstić information content (AvgIpc) is 4.05.